The monoisotopic (exact) mass is 320 g/mol. The first-order valence-corrected chi connectivity index (χ1v) is 7.76. The van der Waals surface area contributed by atoms with E-state index < -0.39 is 17.5 Å². The number of nitrogens with one attached hydrogen (secondary N) is 1. The number of hydrogen-bond acceptors (Lipinski definition) is 4. The van der Waals surface area contributed by atoms with Gasteiger partial charge in [0.25, 0.3) is 0 Å². The number of nitrogens with zero attached hydrogens (tertiary/aromatic N) is 1. The first-order valence-electron chi connectivity index (χ1n) is 7.76. The van der Waals surface area contributed by atoms with Gasteiger partial charge in [-0.1, -0.05) is 13.8 Å². The molecule has 1 unspecified atom stereocenters. The van der Waals surface area contributed by atoms with Crippen LogP contribution >= 0.6 is 0 Å². The lowest BCUT2D eigenvalue weighted by molar-refractivity contribution is -0.158. The van der Waals surface area contributed by atoms with Crippen LogP contribution in [0.15, 0.2) is 18.2 Å². The van der Waals surface area contributed by atoms with Crippen molar-refractivity contribution in [2.24, 2.45) is 5.92 Å². The molecule has 0 fully saturated rings. The van der Waals surface area contributed by atoms with Gasteiger partial charge in [-0.2, -0.15) is 5.26 Å². The Hall–Kier alpha value is -1.93. The minimum atomic E-state index is -0.555. The van der Waals surface area contributed by atoms with Crippen LogP contribution < -0.4 is 5.32 Å². The molecule has 23 heavy (non-hydrogen) atoms. The Kier molecular flexibility index (Phi) is 6.71. The van der Waals surface area contributed by atoms with Gasteiger partial charge in [0.1, 0.15) is 17.5 Å². The number of benzene rings is 1. The van der Waals surface area contributed by atoms with Crippen molar-refractivity contribution in [1.82, 2.24) is 5.32 Å². The Balaban J connectivity index is 2.80. The van der Waals surface area contributed by atoms with Crippen LogP contribution in [0.25, 0.3) is 0 Å². The van der Waals surface area contributed by atoms with Crippen LogP contribution in [0.2, 0.25) is 0 Å². The summed E-state index contributed by atoms with van der Waals surface area (Å²) in [7, 11) is 0. The standard InChI is InChI=1S/C18H25FN2O2/c1-12(2)6-16(17(22)23-18(3,4)5)21-11-14-7-13(10-20)8-15(19)9-14/h7-9,12,16,21H,6,11H2,1-5H3. The first kappa shape index (κ1) is 19.1. The Morgan fingerprint density at radius 3 is 2.52 bits per heavy atom. The number of hydrogen-bond donors (Lipinski definition) is 1. The van der Waals surface area contributed by atoms with Gasteiger partial charge in [0.15, 0.2) is 0 Å². The Labute approximate surface area is 137 Å². The third-order valence-electron chi connectivity index (χ3n) is 3.04. The van der Waals surface area contributed by atoms with Crippen molar-refractivity contribution in [3.63, 3.8) is 0 Å². The van der Waals surface area contributed by atoms with Gasteiger partial charge in [-0.3, -0.25) is 4.79 Å². The summed E-state index contributed by atoms with van der Waals surface area (Å²) in [5, 5.41) is 12.0. The highest BCUT2D eigenvalue weighted by molar-refractivity contribution is 5.76. The average Bonchev–Trinajstić information content (AvgIpc) is 2.40. The molecular weight excluding hydrogens is 295 g/mol. The molecule has 0 saturated heterocycles. The summed E-state index contributed by atoms with van der Waals surface area (Å²) in [6, 6.07) is 5.60. The second kappa shape index (κ2) is 8.07. The highest BCUT2D eigenvalue weighted by Gasteiger charge is 2.25. The molecule has 126 valence electrons. The molecule has 0 aliphatic carbocycles. The molecule has 1 atom stereocenters. The van der Waals surface area contributed by atoms with Gasteiger partial charge < -0.3 is 10.1 Å². The van der Waals surface area contributed by atoms with Crippen LogP contribution in [0.3, 0.4) is 0 Å². The molecule has 1 aromatic rings. The average molecular weight is 320 g/mol. The first-order chi connectivity index (χ1) is 10.6. The fourth-order valence-corrected chi connectivity index (χ4v) is 2.17. The van der Waals surface area contributed by atoms with Crippen LogP contribution in [-0.4, -0.2) is 17.6 Å². The minimum absolute atomic E-state index is 0.263. The second-order valence-corrected chi connectivity index (χ2v) is 7.06. The molecule has 5 heteroatoms. The van der Waals surface area contributed by atoms with Gasteiger partial charge in [0, 0.05) is 6.54 Å². The SMILES string of the molecule is CC(C)CC(NCc1cc(F)cc(C#N)c1)C(=O)OC(C)(C)C. The fraction of sp³-hybridized carbons (Fsp3) is 0.556. The number of carbonyl (C=O) groups excluding carboxylic acids is 1. The number of rotatable bonds is 6. The van der Waals surface area contributed by atoms with Gasteiger partial charge in [0.2, 0.25) is 0 Å². The van der Waals surface area contributed by atoms with E-state index in [1.807, 2.05) is 40.7 Å². The van der Waals surface area contributed by atoms with E-state index in [1.165, 1.54) is 12.1 Å². The molecule has 0 aliphatic heterocycles. The van der Waals surface area contributed by atoms with E-state index in [4.69, 9.17) is 10.00 Å². The molecule has 1 aromatic carbocycles. The molecule has 0 saturated carbocycles. The van der Waals surface area contributed by atoms with Gasteiger partial charge in [-0.25, -0.2) is 4.39 Å². The smallest absolute Gasteiger partial charge is 0.323 e. The third-order valence-corrected chi connectivity index (χ3v) is 3.04. The van der Waals surface area contributed by atoms with Gasteiger partial charge in [-0.05, 0) is 56.9 Å². The summed E-state index contributed by atoms with van der Waals surface area (Å²) in [6.07, 6.45) is 0.620. The molecule has 0 heterocycles. The molecule has 0 aromatic heterocycles. The maximum absolute atomic E-state index is 13.5. The number of ether oxygens (including phenoxy) is 1. The summed E-state index contributed by atoms with van der Waals surface area (Å²) >= 11 is 0. The van der Waals surface area contributed by atoms with Gasteiger partial charge in [0.05, 0.1) is 11.6 Å². The van der Waals surface area contributed by atoms with E-state index in [0.29, 0.717) is 24.4 Å². The predicted octanol–water partition coefficient (Wildman–Crippen LogP) is 3.54. The quantitative estimate of drug-likeness (QED) is 0.814. The summed E-state index contributed by atoms with van der Waals surface area (Å²) in [5.41, 5.74) is 0.333. The number of halogens is 1. The van der Waals surface area contributed by atoms with Gasteiger partial charge >= 0.3 is 5.97 Å². The Morgan fingerprint density at radius 2 is 2.00 bits per heavy atom. The lowest BCUT2D eigenvalue weighted by Gasteiger charge is -2.25. The van der Waals surface area contributed by atoms with Crippen molar-refractivity contribution in [1.29, 1.82) is 5.26 Å². The predicted molar refractivity (Wildman–Crippen MR) is 87.0 cm³/mol. The molecule has 1 N–H and O–H groups in total. The fourth-order valence-electron chi connectivity index (χ4n) is 2.17. The second-order valence-electron chi connectivity index (χ2n) is 7.06. The van der Waals surface area contributed by atoms with E-state index >= 15 is 0 Å². The van der Waals surface area contributed by atoms with Crippen molar-refractivity contribution >= 4 is 5.97 Å². The summed E-state index contributed by atoms with van der Waals surface area (Å²) in [5.74, 6) is -0.469. The van der Waals surface area contributed by atoms with Crippen LogP contribution in [-0.2, 0) is 16.1 Å². The summed E-state index contributed by atoms with van der Waals surface area (Å²) in [4.78, 5) is 12.3. The van der Waals surface area contributed by atoms with Crippen LogP contribution in [0, 0.1) is 23.1 Å². The number of carbonyl (C=O) groups is 1. The lowest BCUT2D eigenvalue weighted by atomic mass is 10.0. The zero-order chi connectivity index (χ0) is 17.6. The maximum atomic E-state index is 13.5. The van der Waals surface area contributed by atoms with Crippen LogP contribution in [0.4, 0.5) is 4.39 Å². The number of nitriles is 1. The highest BCUT2D eigenvalue weighted by atomic mass is 19.1. The highest BCUT2D eigenvalue weighted by Crippen LogP contribution is 2.14. The van der Waals surface area contributed by atoms with Crippen molar-refractivity contribution in [3.05, 3.63) is 35.1 Å². The number of esters is 1. The van der Waals surface area contributed by atoms with E-state index in [9.17, 15) is 9.18 Å². The largest absolute Gasteiger partial charge is 0.459 e. The maximum Gasteiger partial charge on any atom is 0.323 e. The molecule has 0 amide bonds. The molecule has 4 nitrogen and oxygen atoms in total. The van der Waals surface area contributed by atoms with Crippen molar-refractivity contribution in [2.75, 3.05) is 0 Å². The molecule has 0 aliphatic rings. The normalized spacial score (nSPS) is 12.8. The van der Waals surface area contributed by atoms with E-state index in [2.05, 4.69) is 5.32 Å². The van der Waals surface area contributed by atoms with E-state index in [-0.39, 0.29) is 11.5 Å². The van der Waals surface area contributed by atoms with Crippen molar-refractivity contribution in [3.8, 4) is 6.07 Å². The van der Waals surface area contributed by atoms with Gasteiger partial charge in [-0.15, -0.1) is 0 Å². The topological polar surface area (TPSA) is 62.1 Å². The zero-order valence-electron chi connectivity index (χ0n) is 14.4. The minimum Gasteiger partial charge on any atom is -0.459 e. The van der Waals surface area contributed by atoms with Crippen molar-refractivity contribution in [2.45, 2.75) is 59.2 Å². The summed E-state index contributed by atoms with van der Waals surface area (Å²) < 4.78 is 18.9. The molecule has 1 rings (SSSR count). The molecule has 0 radical (unpaired) electrons. The van der Waals surface area contributed by atoms with Crippen LogP contribution in [0.5, 0.6) is 0 Å². The Morgan fingerprint density at radius 1 is 1.35 bits per heavy atom. The van der Waals surface area contributed by atoms with E-state index in [1.54, 1.807) is 6.07 Å². The third kappa shape index (κ3) is 7.25. The Bertz CT molecular complexity index is 586. The lowest BCUT2D eigenvalue weighted by Crippen LogP contribution is -2.41. The zero-order valence-corrected chi connectivity index (χ0v) is 14.4. The van der Waals surface area contributed by atoms with Crippen LogP contribution in [0.1, 0.15) is 52.2 Å². The molecular formula is C18H25FN2O2. The summed E-state index contributed by atoms with van der Waals surface area (Å²) in [6.45, 7) is 9.81. The van der Waals surface area contributed by atoms with Crippen molar-refractivity contribution < 1.29 is 13.9 Å². The van der Waals surface area contributed by atoms with E-state index in [0.717, 1.165) is 0 Å². The molecule has 0 bridgehead atoms. The molecule has 0 spiro atoms.